The molecule has 0 radical (unpaired) electrons. The SMILES string of the molecule is C[C@@H](OC(=O)Nc1ccc(-c2c(N)c3ccc(Oc4ncccn4)cc3n2C2CCC2)cn1)C(F)(F)F. The number of carbonyl (C=O) groups excluding carboxylic acids is 1. The predicted molar refractivity (Wildman–Crippen MR) is 130 cm³/mol. The standard InChI is InChI=1S/C25H23F3N6O3/c1-14(25(26,27)28)36-24(35)33-20-9-6-15(13-32-20)22-21(29)18-8-7-17(37-23-30-10-3-11-31-23)12-19(18)34(22)16-4-2-5-16/h3,6-14,16H,2,4-5,29H2,1H3,(H,32,33,35)/t14-/m1/s1. The van der Waals surface area contributed by atoms with Crippen molar-refractivity contribution in [3.63, 3.8) is 0 Å². The zero-order valence-electron chi connectivity index (χ0n) is 19.7. The van der Waals surface area contributed by atoms with Crippen LogP contribution in [0.5, 0.6) is 11.8 Å². The van der Waals surface area contributed by atoms with Gasteiger partial charge in [0.05, 0.1) is 16.9 Å². The maximum atomic E-state index is 12.6. The number of fused-ring (bicyclic) bond motifs is 1. The Kier molecular flexibility index (Phi) is 6.32. The quantitative estimate of drug-likeness (QED) is 0.321. The minimum Gasteiger partial charge on any atom is -0.437 e. The highest BCUT2D eigenvalue weighted by atomic mass is 19.4. The fourth-order valence-electron chi connectivity index (χ4n) is 4.11. The molecule has 12 heteroatoms. The Bertz CT molecular complexity index is 1420. The first kappa shape index (κ1) is 24.3. The van der Waals surface area contributed by atoms with E-state index in [-0.39, 0.29) is 17.9 Å². The molecule has 1 aliphatic carbocycles. The van der Waals surface area contributed by atoms with Crippen molar-refractivity contribution in [1.29, 1.82) is 0 Å². The molecule has 5 rings (SSSR count). The molecule has 3 aromatic heterocycles. The third-order valence-corrected chi connectivity index (χ3v) is 6.22. The zero-order valence-corrected chi connectivity index (χ0v) is 19.7. The number of nitrogens with one attached hydrogen (secondary N) is 1. The van der Waals surface area contributed by atoms with E-state index >= 15 is 0 Å². The molecule has 1 aromatic carbocycles. The van der Waals surface area contributed by atoms with Crippen LogP contribution in [-0.4, -0.2) is 37.9 Å². The largest absolute Gasteiger partial charge is 0.437 e. The lowest BCUT2D eigenvalue weighted by molar-refractivity contribution is -0.196. The molecule has 0 bridgehead atoms. The smallest absolute Gasteiger partial charge is 0.425 e. The third kappa shape index (κ3) is 4.99. The van der Waals surface area contributed by atoms with Gasteiger partial charge in [-0.25, -0.2) is 19.7 Å². The van der Waals surface area contributed by atoms with Gasteiger partial charge < -0.3 is 19.8 Å². The van der Waals surface area contributed by atoms with Crippen molar-refractivity contribution in [1.82, 2.24) is 19.5 Å². The number of alkyl halides is 3. The fraction of sp³-hybridized carbons (Fsp3) is 0.280. The lowest BCUT2D eigenvalue weighted by Crippen LogP contribution is -2.32. The number of aromatic nitrogens is 4. The van der Waals surface area contributed by atoms with Gasteiger partial charge in [-0.2, -0.15) is 13.2 Å². The molecule has 4 aromatic rings. The van der Waals surface area contributed by atoms with Crippen LogP contribution in [0, 0.1) is 0 Å². The molecule has 1 atom stereocenters. The summed E-state index contributed by atoms with van der Waals surface area (Å²) >= 11 is 0. The number of halogens is 3. The third-order valence-electron chi connectivity index (χ3n) is 6.22. The molecule has 192 valence electrons. The van der Waals surface area contributed by atoms with Crippen molar-refractivity contribution in [2.75, 3.05) is 11.1 Å². The number of hydrogen-bond donors (Lipinski definition) is 2. The number of pyridine rings is 1. The highest BCUT2D eigenvalue weighted by molar-refractivity contribution is 6.01. The highest BCUT2D eigenvalue weighted by Gasteiger charge is 2.39. The van der Waals surface area contributed by atoms with E-state index in [1.165, 1.54) is 12.3 Å². The van der Waals surface area contributed by atoms with Crippen LogP contribution in [0.25, 0.3) is 22.2 Å². The molecule has 1 amide bonds. The lowest BCUT2D eigenvalue weighted by Gasteiger charge is -2.30. The summed E-state index contributed by atoms with van der Waals surface area (Å²) in [4.78, 5) is 24.2. The highest BCUT2D eigenvalue weighted by Crippen LogP contribution is 2.45. The van der Waals surface area contributed by atoms with Crippen molar-refractivity contribution < 1.29 is 27.4 Å². The second-order valence-corrected chi connectivity index (χ2v) is 8.68. The molecule has 1 aliphatic rings. The van der Waals surface area contributed by atoms with Gasteiger partial charge >= 0.3 is 18.3 Å². The van der Waals surface area contributed by atoms with Crippen molar-refractivity contribution in [2.24, 2.45) is 0 Å². The van der Waals surface area contributed by atoms with E-state index in [1.807, 2.05) is 12.1 Å². The monoisotopic (exact) mass is 512 g/mol. The van der Waals surface area contributed by atoms with Gasteiger partial charge in [-0.3, -0.25) is 5.32 Å². The zero-order chi connectivity index (χ0) is 26.2. The molecule has 0 saturated heterocycles. The van der Waals surface area contributed by atoms with Gasteiger partial charge in [-0.15, -0.1) is 0 Å². The first-order chi connectivity index (χ1) is 17.7. The Morgan fingerprint density at radius 1 is 1.16 bits per heavy atom. The molecule has 37 heavy (non-hydrogen) atoms. The van der Waals surface area contributed by atoms with E-state index in [0.717, 1.165) is 42.8 Å². The average Bonchev–Trinajstić information content (AvgIpc) is 3.10. The van der Waals surface area contributed by atoms with Gasteiger partial charge in [-0.1, -0.05) is 0 Å². The van der Waals surface area contributed by atoms with E-state index in [9.17, 15) is 18.0 Å². The minimum absolute atomic E-state index is 0.0477. The molecule has 3 heterocycles. The summed E-state index contributed by atoms with van der Waals surface area (Å²) in [6.45, 7) is 0.751. The topological polar surface area (TPSA) is 117 Å². The summed E-state index contributed by atoms with van der Waals surface area (Å²) in [6.07, 6.45) is -0.379. The first-order valence-corrected chi connectivity index (χ1v) is 11.6. The van der Waals surface area contributed by atoms with Crippen LogP contribution in [0.2, 0.25) is 0 Å². The maximum Gasteiger partial charge on any atom is 0.425 e. The van der Waals surface area contributed by atoms with E-state index in [2.05, 4.69) is 29.6 Å². The van der Waals surface area contributed by atoms with Gasteiger partial charge in [0.1, 0.15) is 11.6 Å². The molecule has 0 spiro atoms. The first-order valence-electron chi connectivity index (χ1n) is 11.6. The second kappa shape index (κ2) is 9.60. The molecular formula is C25H23F3N6O3. The van der Waals surface area contributed by atoms with Crippen LogP contribution in [0.15, 0.2) is 55.0 Å². The number of carbonyl (C=O) groups is 1. The van der Waals surface area contributed by atoms with Gasteiger partial charge in [-0.05, 0) is 56.5 Å². The second-order valence-electron chi connectivity index (χ2n) is 8.68. The van der Waals surface area contributed by atoms with Crippen molar-refractivity contribution in [2.45, 2.75) is 44.5 Å². The minimum atomic E-state index is -4.65. The number of amides is 1. The Morgan fingerprint density at radius 2 is 1.92 bits per heavy atom. The predicted octanol–water partition coefficient (Wildman–Crippen LogP) is 6.09. The molecule has 1 fully saturated rings. The van der Waals surface area contributed by atoms with Gasteiger partial charge in [0.15, 0.2) is 6.10 Å². The maximum absolute atomic E-state index is 12.6. The van der Waals surface area contributed by atoms with E-state index in [4.69, 9.17) is 10.5 Å². The number of nitrogens with two attached hydrogens (primary N) is 1. The summed E-state index contributed by atoms with van der Waals surface area (Å²) in [5, 5.41) is 3.06. The summed E-state index contributed by atoms with van der Waals surface area (Å²) in [5.41, 5.74) is 9.50. The van der Waals surface area contributed by atoms with E-state index in [1.54, 1.807) is 30.6 Å². The Balaban J connectivity index is 1.44. The molecule has 1 saturated carbocycles. The molecule has 0 unspecified atom stereocenters. The number of nitrogen functional groups attached to an aromatic ring is 1. The number of anilines is 2. The normalized spacial score (nSPS) is 14.7. The van der Waals surface area contributed by atoms with Crippen LogP contribution < -0.4 is 15.8 Å². The number of benzene rings is 1. The lowest BCUT2D eigenvalue weighted by atomic mass is 9.92. The van der Waals surface area contributed by atoms with Crippen LogP contribution >= 0.6 is 0 Å². The van der Waals surface area contributed by atoms with Crippen LogP contribution in [0.1, 0.15) is 32.2 Å². The van der Waals surface area contributed by atoms with Crippen molar-refractivity contribution in [3.8, 4) is 23.0 Å². The van der Waals surface area contributed by atoms with E-state index < -0.39 is 18.4 Å². The fourth-order valence-corrected chi connectivity index (χ4v) is 4.11. The summed E-state index contributed by atoms with van der Waals surface area (Å²) in [7, 11) is 0. The molecule has 0 aliphatic heterocycles. The van der Waals surface area contributed by atoms with Gasteiger partial charge in [0, 0.05) is 41.6 Å². The summed E-state index contributed by atoms with van der Waals surface area (Å²) < 4.78 is 50.3. The summed E-state index contributed by atoms with van der Waals surface area (Å²) in [5.74, 6) is 0.610. The number of hydrogen-bond acceptors (Lipinski definition) is 7. The van der Waals surface area contributed by atoms with Gasteiger partial charge in [0.25, 0.3) is 0 Å². The van der Waals surface area contributed by atoms with Crippen LogP contribution in [-0.2, 0) is 4.74 Å². The van der Waals surface area contributed by atoms with Crippen molar-refractivity contribution >= 4 is 28.5 Å². The summed E-state index contributed by atoms with van der Waals surface area (Å²) in [6, 6.07) is 10.9. The average molecular weight is 512 g/mol. The van der Waals surface area contributed by atoms with Crippen LogP contribution in [0.3, 0.4) is 0 Å². The van der Waals surface area contributed by atoms with Crippen molar-refractivity contribution in [3.05, 3.63) is 55.0 Å². The molecular weight excluding hydrogens is 489 g/mol. The number of rotatable bonds is 6. The number of ether oxygens (including phenoxy) is 2. The van der Waals surface area contributed by atoms with Crippen LogP contribution in [0.4, 0.5) is 29.5 Å². The van der Waals surface area contributed by atoms with E-state index in [0.29, 0.717) is 17.0 Å². The van der Waals surface area contributed by atoms with Gasteiger partial charge in [0.2, 0.25) is 0 Å². The molecule has 3 N–H and O–H groups in total. The Hall–Kier alpha value is -4.35. The Morgan fingerprint density at radius 3 is 2.54 bits per heavy atom. The number of nitrogens with zero attached hydrogens (tertiary/aromatic N) is 4. The molecule has 9 nitrogen and oxygen atoms in total. The Labute approximate surface area is 209 Å².